The molecule has 2 saturated heterocycles. The van der Waals surface area contributed by atoms with E-state index in [-0.39, 0.29) is 0 Å². The number of hydrogen-bond acceptors (Lipinski definition) is 2. The summed E-state index contributed by atoms with van der Waals surface area (Å²) in [6, 6.07) is 18.7. The van der Waals surface area contributed by atoms with Gasteiger partial charge in [0.15, 0.2) is 0 Å². The van der Waals surface area contributed by atoms with Crippen molar-refractivity contribution in [1.82, 2.24) is 9.80 Å². The Labute approximate surface area is 207 Å². The molecule has 2 nitrogen and oxygen atoms in total. The standard InChI is InChI=1S/C32H44N2/c1-3-13-29-27(9-1)11-7-15-31(29)17-23-33(24-18-31)21-5-6-22-34-25-19-32(20-26-34)16-8-12-28-10-2-4-14-30(28)32/h1-4,9-10,13-14H,5-8,11-12,15-26H2. The second-order valence-corrected chi connectivity index (χ2v) is 12.0. The number of rotatable bonds is 5. The monoisotopic (exact) mass is 456 g/mol. The van der Waals surface area contributed by atoms with E-state index in [0.717, 1.165) is 0 Å². The van der Waals surface area contributed by atoms with Gasteiger partial charge >= 0.3 is 0 Å². The van der Waals surface area contributed by atoms with Crippen LogP contribution in [0.3, 0.4) is 0 Å². The van der Waals surface area contributed by atoms with Gasteiger partial charge in [-0.2, -0.15) is 0 Å². The zero-order chi connectivity index (χ0) is 22.8. The zero-order valence-corrected chi connectivity index (χ0v) is 21.2. The molecule has 4 aliphatic rings. The number of piperidine rings is 2. The van der Waals surface area contributed by atoms with Crippen molar-refractivity contribution < 1.29 is 0 Å². The van der Waals surface area contributed by atoms with E-state index in [4.69, 9.17) is 0 Å². The summed E-state index contributed by atoms with van der Waals surface area (Å²) in [5.74, 6) is 0. The molecule has 0 radical (unpaired) electrons. The number of likely N-dealkylation sites (tertiary alicyclic amines) is 2. The van der Waals surface area contributed by atoms with Crippen LogP contribution in [0, 0.1) is 0 Å². The Bertz CT molecular complexity index is 883. The fraction of sp³-hybridized carbons (Fsp3) is 0.625. The number of unbranched alkanes of at least 4 members (excludes halogenated alkanes) is 1. The van der Waals surface area contributed by atoms with Crippen LogP contribution < -0.4 is 0 Å². The van der Waals surface area contributed by atoms with Crippen LogP contribution in [0.5, 0.6) is 0 Å². The van der Waals surface area contributed by atoms with Crippen molar-refractivity contribution >= 4 is 0 Å². The average Bonchev–Trinajstić information content (AvgIpc) is 2.90. The molecule has 0 amide bonds. The number of nitrogens with zero attached hydrogens (tertiary/aromatic N) is 2. The van der Waals surface area contributed by atoms with Gasteiger partial charge in [-0.15, -0.1) is 0 Å². The first-order valence-electron chi connectivity index (χ1n) is 14.4. The molecule has 2 aliphatic heterocycles. The molecule has 2 aliphatic carbocycles. The van der Waals surface area contributed by atoms with E-state index >= 15 is 0 Å². The highest BCUT2D eigenvalue weighted by Gasteiger charge is 2.40. The van der Waals surface area contributed by atoms with Gasteiger partial charge in [0.1, 0.15) is 0 Å². The molecule has 0 N–H and O–H groups in total. The van der Waals surface area contributed by atoms with E-state index in [1.54, 1.807) is 22.3 Å². The number of hydrogen-bond donors (Lipinski definition) is 0. The Kier molecular flexibility index (Phi) is 6.56. The summed E-state index contributed by atoms with van der Waals surface area (Å²) >= 11 is 0. The van der Waals surface area contributed by atoms with Crippen LogP contribution in [0.1, 0.15) is 86.5 Å². The summed E-state index contributed by atoms with van der Waals surface area (Å²) in [5.41, 5.74) is 7.66. The number of benzene rings is 2. The predicted molar refractivity (Wildman–Crippen MR) is 143 cm³/mol. The van der Waals surface area contributed by atoms with Crippen LogP contribution in [0.4, 0.5) is 0 Å². The second-order valence-electron chi connectivity index (χ2n) is 12.0. The van der Waals surface area contributed by atoms with Crippen LogP contribution in [0.25, 0.3) is 0 Å². The van der Waals surface area contributed by atoms with Crippen molar-refractivity contribution in [3.05, 3.63) is 70.8 Å². The van der Waals surface area contributed by atoms with Gasteiger partial charge in [-0.05, 0) is 149 Å². The summed E-state index contributed by atoms with van der Waals surface area (Å²) in [6.45, 7) is 7.84. The fourth-order valence-electron chi connectivity index (χ4n) is 8.13. The lowest BCUT2D eigenvalue weighted by Crippen LogP contribution is -2.45. The highest BCUT2D eigenvalue weighted by atomic mass is 15.1. The third-order valence-corrected chi connectivity index (χ3v) is 10.2. The maximum absolute atomic E-state index is 2.77. The molecule has 2 aromatic carbocycles. The van der Waals surface area contributed by atoms with Crippen LogP contribution in [-0.2, 0) is 23.7 Å². The van der Waals surface area contributed by atoms with Gasteiger partial charge in [0.2, 0.25) is 0 Å². The van der Waals surface area contributed by atoms with Gasteiger partial charge in [0, 0.05) is 0 Å². The molecule has 2 fully saturated rings. The Hall–Kier alpha value is -1.64. The molecule has 2 heterocycles. The van der Waals surface area contributed by atoms with Gasteiger partial charge in [0.25, 0.3) is 0 Å². The molecule has 2 aromatic rings. The van der Waals surface area contributed by atoms with E-state index in [1.165, 1.54) is 116 Å². The fourth-order valence-corrected chi connectivity index (χ4v) is 8.13. The normalized spacial score (nSPS) is 24.1. The van der Waals surface area contributed by atoms with Crippen molar-refractivity contribution in [3.63, 3.8) is 0 Å². The summed E-state index contributed by atoms with van der Waals surface area (Å²) in [5, 5.41) is 0. The van der Waals surface area contributed by atoms with Gasteiger partial charge in [-0.3, -0.25) is 0 Å². The molecule has 0 unspecified atom stereocenters. The van der Waals surface area contributed by atoms with Crippen LogP contribution >= 0.6 is 0 Å². The zero-order valence-electron chi connectivity index (χ0n) is 21.2. The van der Waals surface area contributed by atoms with E-state index in [0.29, 0.717) is 10.8 Å². The third-order valence-electron chi connectivity index (χ3n) is 10.2. The smallest absolute Gasteiger partial charge is 0.00102 e. The first-order valence-corrected chi connectivity index (χ1v) is 14.4. The Balaban J connectivity index is 0.939. The molecule has 2 spiro atoms. The van der Waals surface area contributed by atoms with E-state index < -0.39 is 0 Å². The van der Waals surface area contributed by atoms with Crippen molar-refractivity contribution in [3.8, 4) is 0 Å². The van der Waals surface area contributed by atoms with Crippen molar-refractivity contribution in [2.45, 2.75) is 87.9 Å². The predicted octanol–water partition coefficient (Wildman–Crippen LogP) is 6.51. The highest BCUT2D eigenvalue weighted by molar-refractivity contribution is 5.38. The quantitative estimate of drug-likeness (QED) is 0.473. The average molecular weight is 457 g/mol. The van der Waals surface area contributed by atoms with Crippen LogP contribution in [0.15, 0.2) is 48.5 Å². The molecule has 2 heteroatoms. The molecule has 0 atom stereocenters. The topological polar surface area (TPSA) is 6.48 Å². The largest absolute Gasteiger partial charge is 0.303 e. The van der Waals surface area contributed by atoms with Crippen molar-refractivity contribution in [2.75, 3.05) is 39.3 Å². The minimum absolute atomic E-state index is 0.493. The lowest BCUT2D eigenvalue weighted by molar-refractivity contribution is 0.130. The molecule has 0 aromatic heterocycles. The number of fused-ring (bicyclic) bond motifs is 4. The highest BCUT2D eigenvalue weighted by Crippen LogP contribution is 2.46. The molecule has 6 rings (SSSR count). The summed E-state index contributed by atoms with van der Waals surface area (Å²) in [4.78, 5) is 5.54. The number of aryl methyl sites for hydroxylation is 2. The Morgan fingerprint density at radius 2 is 0.941 bits per heavy atom. The van der Waals surface area contributed by atoms with E-state index in [1.807, 2.05) is 0 Å². The summed E-state index contributed by atoms with van der Waals surface area (Å²) < 4.78 is 0. The van der Waals surface area contributed by atoms with E-state index in [9.17, 15) is 0 Å². The van der Waals surface area contributed by atoms with Gasteiger partial charge in [-0.25, -0.2) is 0 Å². The minimum Gasteiger partial charge on any atom is -0.303 e. The van der Waals surface area contributed by atoms with E-state index in [2.05, 4.69) is 58.3 Å². The van der Waals surface area contributed by atoms with Gasteiger partial charge < -0.3 is 9.80 Å². The SMILES string of the molecule is c1ccc2c(c1)CCCC21CCN(CCCCN2CCC3(CCCc4ccccc43)CC2)CC1. The van der Waals surface area contributed by atoms with Crippen LogP contribution in [0.2, 0.25) is 0 Å². The first-order chi connectivity index (χ1) is 16.8. The summed E-state index contributed by atoms with van der Waals surface area (Å²) in [6.07, 6.45) is 16.4. The Morgan fingerprint density at radius 3 is 1.38 bits per heavy atom. The maximum atomic E-state index is 2.77. The first kappa shape index (κ1) is 22.8. The lowest BCUT2D eigenvalue weighted by atomic mass is 9.65. The molecular formula is C32H44N2. The van der Waals surface area contributed by atoms with Crippen molar-refractivity contribution in [1.29, 1.82) is 0 Å². The molecule has 0 saturated carbocycles. The third kappa shape index (κ3) is 4.37. The maximum Gasteiger partial charge on any atom is -0.00102 e. The van der Waals surface area contributed by atoms with Crippen molar-refractivity contribution in [2.24, 2.45) is 0 Å². The molecule has 182 valence electrons. The lowest BCUT2D eigenvalue weighted by Gasteiger charge is -2.46. The van der Waals surface area contributed by atoms with Gasteiger partial charge in [-0.1, -0.05) is 48.5 Å². The second kappa shape index (κ2) is 9.78. The molecular weight excluding hydrogens is 412 g/mol. The van der Waals surface area contributed by atoms with Crippen LogP contribution in [-0.4, -0.2) is 49.1 Å². The summed E-state index contributed by atoms with van der Waals surface area (Å²) in [7, 11) is 0. The van der Waals surface area contributed by atoms with Gasteiger partial charge in [0.05, 0.1) is 0 Å². The molecule has 34 heavy (non-hydrogen) atoms. The molecule has 0 bridgehead atoms. The minimum atomic E-state index is 0.493. The Morgan fingerprint density at radius 1 is 0.529 bits per heavy atom.